The second kappa shape index (κ2) is 6.54. The molecule has 0 bridgehead atoms. The van der Waals surface area contributed by atoms with E-state index in [4.69, 9.17) is 16.3 Å². The van der Waals surface area contributed by atoms with Crippen molar-refractivity contribution in [3.63, 3.8) is 0 Å². The molecule has 0 aromatic heterocycles. The summed E-state index contributed by atoms with van der Waals surface area (Å²) < 4.78 is 34.0. The van der Waals surface area contributed by atoms with Gasteiger partial charge in [0.2, 0.25) is 0 Å². The van der Waals surface area contributed by atoms with Crippen LogP contribution in [-0.4, -0.2) is 19.0 Å². The fourth-order valence-electron chi connectivity index (χ4n) is 1.33. The van der Waals surface area contributed by atoms with Crippen LogP contribution >= 0.6 is 11.6 Å². The maximum atomic E-state index is 12.2. The number of ketones is 1. The predicted molar refractivity (Wildman–Crippen MR) is 63.9 cm³/mol. The number of carbonyl (C=O) groups is 1. The first-order valence-corrected chi connectivity index (χ1v) is 5.75. The Labute approximate surface area is 109 Å². The van der Waals surface area contributed by atoms with E-state index in [-0.39, 0.29) is 22.1 Å². The average molecular weight is 279 g/mol. The summed E-state index contributed by atoms with van der Waals surface area (Å²) in [6.45, 7) is 0.529. The quantitative estimate of drug-likeness (QED) is 0.740. The Morgan fingerprint density at radius 2 is 2.06 bits per heavy atom. The standard InChI is InChI=1S/C12H13ClF2O3/c1-3-4-17-11-6-10(18-12(14)15)8(7(2)16)5-9(11)13/h5-6,12H,3-4H2,1-2H3. The lowest BCUT2D eigenvalue weighted by molar-refractivity contribution is -0.0502. The van der Waals surface area contributed by atoms with Crippen molar-refractivity contribution in [1.82, 2.24) is 0 Å². The zero-order chi connectivity index (χ0) is 13.7. The number of rotatable bonds is 6. The first kappa shape index (κ1) is 14.7. The second-order valence-corrected chi connectivity index (χ2v) is 3.97. The third-order valence-electron chi connectivity index (χ3n) is 2.09. The largest absolute Gasteiger partial charge is 0.492 e. The van der Waals surface area contributed by atoms with E-state index in [0.717, 1.165) is 6.42 Å². The van der Waals surface area contributed by atoms with Gasteiger partial charge >= 0.3 is 6.61 Å². The fraction of sp³-hybridized carbons (Fsp3) is 0.417. The van der Waals surface area contributed by atoms with Crippen LogP contribution in [0.4, 0.5) is 8.78 Å². The van der Waals surface area contributed by atoms with Gasteiger partial charge in [0, 0.05) is 6.07 Å². The molecule has 0 fully saturated rings. The summed E-state index contributed by atoms with van der Waals surface area (Å²) in [5, 5.41) is 0.190. The van der Waals surface area contributed by atoms with Gasteiger partial charge in [-0.15, -0.1) is 0 Å². The topological polar surface area (TPSA) is 35.5 Å². The summed E-state index contributed by atoms with van der Waals surface area (Å²) >= 11 is 5.90. The molecule has 1 rings (SSSR count). The van der Waals surface area contributed by atoms with E-state index in [1.54, 1.807) is 0 Å². The molecule has 0 saturated heterocycles. The van der Waals surface area contributed by atoms with Gasteiger partial charge in [0.25, 0.3) is 0 Å². The zero-order valence-corrected chi connectivity index (χ0v) is 10.8. The smallest absolute Gasteiger partial charge is 0.387 e. The molecule has 1 aromatic rings. The molecule has 0 aliphatic rings. The molecule has 0 aliphatic heterocycles. The minimum atomic E-state index is -3.01. The molecule has 0 saturated carbocycles. The molecular weight excluding hydrogens is 266 g/mol. The first-order chi connectivity index (χ1) is 8.45. The molecule has 0 N–H and O–H groups in total. The van der Waals surface area contributed by atoms with Crippen LogP contribution in [0, 0.1) is 0 Å². The first-order valence-electron chi connectivity index (χ1n) is 5.37. The lowest BCUT2D eigenvalue weighted by Crippen LogP contribution is -2.07. The SMILES string of the molecule is CCCOc1cc(OC(F)F)c(C(C)=O)cc1Cl. The van der Waals surface area contributed by atoms with Gasteiger partial charge in [-0.2, -0.15) is 8.78 Å². The van der Waals surface area contributed by atoms with E-state index in [0.29, 0.717) is 6.61 Å². The van der Waals surface area contributed by atoms with E-state index < -0.39 is 12.4 Å². The van der Waals surface area contributed by atoms with Crippen LogP contribution in [0.2, 0.25) is 5.02 Å². The van der Waals surface area contributed by atoms with Gasteiger partial charge in [-0.1, -0.05) is 18.5 Å². The molecule has 0 radical (unpaired) electrons. The third-order valence-corrected chi connectivity index (χ3v) is 2.39. The predicted octanol–water partition coefficient (Wildman–Crippen LogP) is 3.93. The van der Waals surface area contributed by atoms with Crippen LogP contribution in [0.5, 0.6) is 11.5 Å². The van der Waals surface area contributed by atoms with Crippen molar-refractivity contribution in [3.8, 4) is 11.5 Å². The van der Waals surface area contributed by atoms with E-state index in [2.05, 4.69) is 4.74 Å². The van der Waals surface area contributed by atoms with E-state index in [1.807, 2.05) is 6.92 Å². The van der Waals surface area contributed by atoms with Crippen molar-refractivity contribution in [2.45, 2.75) is 26.9 Å². The number of hydrogen-bond donors (Lipinski definition) is 0. The van der Waals surface area contributed by atoms with Gasteiger partial charge in [-0.05, 0) is 19.4 Å². The summed E-state index contributed by atoms with van der Waals surface area (Å²) in [6.07, 6.45) is 0.746. The van der Waals surface area contributed by atoms with Gasteiger partial charge < -0.3 is 9.47 Å². The van der Waals surface area contributed by atoms with Crippen molar-refractivity contribution < 1.29 is 23.0 Å². The van der Waals surface area contributed by atoms with Gasteiger partial charge in [-0.25, -0.2) is 0 Å². The summed E-state index contributed by atoms with van der Waals surface area (Å²) in [4.78, 5) is 11.3. The lowest BCUT2D eigenvalue weighted by atomic mass is 10.1. The highest BCUT2D eigenvalue weighted by Gasteiger charge is 2.17. The van der Waals surface area contributed by atoms with Gasteiger partial charge in [0.15, 0.2) is 5.78 Å². The molecule has 1 aromatic carbocycles. The average Bonchev–Trinajstić information content (AvgIpc) is 2.28. The molecule has 18 heavy (non-hydrogen) atoms. The highest BCUT2D eigenvalue weighted by Crippen LogP contribution is 2.34. The number of ether oxygens (including phenoxy) is 2. The molecule has 0 heterocycles. The monoisotopic (exact) mass is 278 g/mol. The minimum absolute atomic E-state index is 0.00384. The van der Waals surface area contributed by atoms with Crippen LogP contribution in [-0.2, 0) is 0 Å². The molecule has 3 nitrogen and oxygen atoms in total. The lowest BCUT2D eigenvalue weighted by Gasteiger charge is -2.13. The Morgan fingerprint density at radius 1 is 1.39 bits per heavy atom. The summed E-state index contributed by atoms with van der Waals surface area (Å²) in [5.74, 6) is -0.415. The van der Waals surface area contributed by atoms with Crippen LogP contribution in [0.25, 0.3) is 0 Å². The van der Waals surface area contributed by atoms with Crippen molar-refractivity contribution >= 4 is 17.4 Å². The zero-order valence-electron chi connectivity index (χ0n) is 10.0. The number of hydrogen-bond acceptors (Lipinski definition) is 3. The molecule has 0 aliphatic carbocycles. The molecule has 0 amide bonds. The Bertz CT molecular complexity index is 436. The Morgan fingerprint density at radius 3 is 2.56 bits per heavy atom. The van der Waals surface area contributed by atoms with E-state index >= 15 is 0 Å². The molecule has 0 unspecified atom stereocenters. The highest BCUT2D eigenvalue weighted by molar-refractivity contribution is 6.32. The molecule has 100 valence electrons. The number of alkyl halides is 2. The van der Waals surface area contributed by atoms with E-state index in [9.17, 15) is 13.6 Å². The van der Waals surface area contributed by atoms with Gasteiger partial charge in [0.05, 0.1) is 17.2 Å². The van der Waals surface area contributed by atoms with Crippen LogP contribution < -0.4 is 9.47 Å². The van der Waals surface area contributed by atoms with Crippen molar-refractivity contribution in [3.05, 3.63) is 22.7 Å². The summed E-state index contributed by atoms with van der Waals surface area (Å²) in [5.41, 5.74) is 0.00384. The maximum Gasteiger partial charge on any atom is 0.387 e. The second-order valence-electron chi connectivity index (χ2n) is 3.56. The van der Waals surface area contributed by atoms with Crippen molar-refractivity contribution in [2.75, 3.05) is 6.61 Å². The minimum Gasteiger partial charge on any atom is -0.492 e. The van der Waals surface area contributed by atoms with Crippen LogP contribution in [0.3, 0.4) is 0 Å². The molecule has 6 heteroatoms. The number of benzene rings is 1. The number of halogens is 3. The third kappa shape index (κ3) is 3.84. The molecule has 0 atom stereocenters. The van der Waals surface area contributed by atoms with Crippen LogP contribution in [0.15, 0.2) is 12.1 Å². The highest BCUT2D eigenvalue weighted by atomic mass is 35.5. The fourth-order valence-corrected chi connectivity index (χ4v) is 1.54. The van der Waals surface area contributed by atoms with Crippen molar-refractivity contribution in [1.29, 1.82) is 0 Å². The molecular formula is C12H13ClF2O3. The Hall–Kier alpha value is -1.36. The van der Waals surface area contributed by atoms with Gasteiger partial charge in [0.1, 0.15) is 11.5 Å². The summed E-state index contributed by atoms with van der Waals surface area (Å²) in [7, 11) is 0. The van der Waals surface area contributed by atoms with Crippen LogP contribution in [0.1, 0.15) is 30.6 Å². The molecule has 0 spiro atoms. The van der Waals surface area contributed by atoms with E-state index in [1.165, 1.54) is 19.1 Å². The summed E-state index contributed by atoms with van der Waals surface area (Å²) in [6, 6.07) is 2.48. The normalized spacial score (nSPS) is 10.6. The van der Waals surface area contributed by atoms with Crippen molar-refractivity contribution in [2.24, 2.45) is 0 Å². The maximum absolute atomic E-state index is 12.2. The number of carbonyl (C=O) groups excluding carboxylic acids is 1. The number of Topliss-reactive ketones (excluding diaryl/α,β-unsaturated/α-hetero) is 1. The van der Waals surface area contributed by atoms with Gasteiger partial charge in [-0.3, -0.25) is 4.79 Å². The Kier molecular flexibility index (Phi) is 5.34. The Balaban J connectivity index is 3.13.